The predicted molar refractivity (Wildman–Crippen MR) is 82.9 cm³/mol. The summed E-state index contributed by atoms with van der Waals surface area (Å²) in [4.78, 5) is 7.27. The highest BCUT2D eigenvalue weighted by Crippen LogP contribution is 2.33. The highest BCUT2D eigenvalue weighted by Gasteiger charge is 2.30. The third-order valence-electron chi connectivity index (χ3n) is 4.48. The van der Waals surface area contributed by atoms with Gasteiger partial charge in [-0.05, 0) is 43.9 Å². The summed E-state index contributed by atoms with van der Waals surface area (Å²) in [5, 5.41) is 10.7. The van der Waals surface area contributed by atoms with Gasteiger partial charge in [-0.2, -0.15) is 0 Å². The number of anilines is 1. The number of rotatable bonds is 3. The molecule has 106 valence electrons. The van der Waals surface area contributed by atoms with Crippen LogP contribution in [-0.2, 0) is 6.61 Å². The Morgan fingerprint density at radius 3 is 2.85 bits per heavy atom. The van der Waals surface area contributed by atoms with E-state index in [0.29, 0.717) is 12.1 Å². The van der Waals surface area contributed by atoms with E-state index >= 15 is 0 Å². The Balaban J connectivity index is 2.11. The second-order valence-electron chi connectivity index (χ2n) is 5.71. The van der Waals surface area contributed by atoms with Gasteiger partial charge in [0.25, 0.3) is 0 Å². The summed E-state index contributed by atoms with van der Waals surface area (Å²) in [5.41, 5.74) is 1.95. The number of aromatic nitrogens is 1. The summed E-state index contributed by atoms with van der Waals surface area (Å²) >= 11 is 0. The fraction of sp³-hybridized carbons (Fsp3) is 0.471. The molecule has 0 saturated carbocycles. The lowest BCUT2D eigenvalue weighted by Crippen LogP contribution is -2.34. The molecule has 3 nitrogen and oxygen atoms in total. The zero-order valence-electron chi connectivity index (χ0n) is 12.2. The van der Waals surface area contributed by atoms with E-state index in [2.05, 4.69) is 24.8 Å². The first-order valence-electron chi connectivity index (χ1n) is 7.52. The average molecular weight is 270 g/mol. The minimum Gasteiger partial charge on any atom is -0.392 e. The molecule has 20 heavy (non-hydrogen) atoms. The second kappa shape index (κ2) is 5.41. The Bertz CT molecular complexity index is 611. The van der Waals surface area contributed by atoms with Gasteiger partial charge in [-0.15, -0.1) is 0 Å². The van der Waals surface area contributed by atoms with Gasteiger partial charge < -0.3 is 10.0 Å². The van der Waals surface area contributed by atoms with Crippen LogP contribution in [0.25, 0.3) is 10.9 Å². The Morgan fingerprint density at radius 2 is 2.10 bits per heavy atom. The summed E-state index contributed by atoms with van der Waals surface area (Å²) in [5.74, 6) is 1.02. The number of hydrogen-bond acceptors (Lipinski definition) is 3. The highest BCUT2D eigenvalue weighted by atomic mass is 16.3. The molecule has 1 N–H and O–H groups in total. The molecule has 0 bridgehead atoms. The van der Waals surface area contributed by atoms with Crippen molar-refractivity contribution in [3.8, 4) is 0 Å². The van der Waals surface area contributed by atoms with Crippen LogP contribution in [0.1, 0.15) is 38.7 Å². The van der Waals surface area contributed by atoms with Crippen molar-refractivity contribution in [1.29, 1.82) is 0 Å². The number of benzene rings is 1. The van der Waals surface area contributed by atoms with E-state index < -0.39 is 0 Å². The van der Waals surface area contributed by atoms with Crippen LogP contribution in [0.3, 0.4) is 0 Å². The van der Waals surface area contributed by atoms with Gasteiger partial charge >= 0.3 is 0 Å². The number of fused-ring (bicyclic) bond motifs is 1. The topological polar surface area (TPSA) is 36.4 Å². The minimum absolute atomic E-state index is 0.0645. The standard InChI is InChI=1S/C17H22N2O/c1-3-14-9-8-12(2)19(14)17-10-13(11-20)15-6-4-5-7-16(15)18-17/h4-7,10,12,14,20H,3,8-9,11H2,1-2H3. The molecule has 0 amide bonds. The van der Waals surface area contributed by atoms with Gasteiger partial charge in [0.15, 0.2) is 0 Å². The van der Waals surface area contributed by atoms with Crippen LogP contribution in [0.2, 0.25) is 0 Å². The quantitative estimate of drug-likeness (QED) is 0.927. The van der Waals surface area contributed by atoms with Gasteiger partial charge in [0, 0.05) is 17.5 Å². The maximum Gasteiger partial charge on any atom is 0.130 e. The van der Waals surface area contributed by atoms with E-state index in [0.717, 1.165) is 28.7 Å². The molecule has 0 aliphatic carbocycles. The molecule has 2 aromatic rings. The Labute approximate surface area is 120 Å². The number of aliphatic hydroxyl groups excluding tert-OH is 1. The highest BCUT2D eigenvalue weighted by molar-refractivity contribution is 5.84. The first-order valence-corrected chi connectivity index (χ1v) is 7.52. The zero-order valence-corrected chi connectivity index (χ0v) is 12.2. The van der Waals surface area contributed by atoms with Crippen LogP contribution in [0.5, 0.6) is 0 Å². The largest absolute Gasteiger partial charge is 0.392 e. The van der Waals surface area contributed by atoms with Crippen LogP contribution in [0.15, 0.2) is 30.3 Å². The number of hydrogen-bond donors (Lipinski definition) is 1. The molecule has 2 heterocycles. The van der Waals surface area contributed by atoms with E-state index in [1.165, 1.54) is 12.8 Å². The molecule has 1 saturated heterocycles. The molecule has 3 heteroatoms. The number of aliphatic hydroxyl groups is 1. The Morgan fingerprint density at radius 1 is 1.30 bits per heavy atom. The summed E-state index contributed by atoms with van der Waals surface area (Å²) < 4.78 is 0. The smallest absolute Gasteiger partial charge is 0.130 e. The van der Waals surface area contributed by atoms with Gasteiger partial charge in [0.05, 0.1) is 12.1 Å². The van der Waals surface area contributed by atoms with Crippen LogP contribution >= 0.6 is 0 Å². The van der Waals surface area contributed by atoms with Crippen molar-refractivity contribution in [2.24, 2.45) is 0 Å². The third kappa shape index (κ3) is 2.16. The van der Waals surface area contributed by atoms with E-state index in [1.54, 1.807) is 0 Å². The fourth-order valence-corrected chi connectivity index (χ4v) is 3.38. The Kier molecular flexibility index (Phi) is 3.62. The van der Waals surface area contributed by atoms with Gasteiger partial charge in [-0.1, -0.05) is 25.1 Å². The molecule has 1 aliphatic rings. The van der Waals surface area contributed by atoms with E-state index in [1.807, 2.05) is 24.3 Å². The fourth-order valence-electron chi connectivity index (χ4n) is 3.38. The van der Waals surface area contributed by atoms with Crippen molar-refractivity contribution >= 4 is 16.7 Å². The number of nitrogens with zero attached hydrogens (tertiary/aromatic N) is 2. The molecule has 1 aromatic carbocycles. The van der Waals surface area contributed by atoms with Crippen molar-refractivity contribution in [2.45, 2.75) is 51.8 Å². The molecule has 2 atom stereocenters. The van der Waals surface area contributed by atoms with Crippen molar-refractivity contribution in [3.05, 3.63) is 35.9 Å². The average Bonchev–Trinajstić information content (AvgIpc) is 2.87. The van der Waals surface area contributed by atoms with Crippen molar-refractivity contribution in [3.63, 3.8) is 0 Å². The first-order chi connectivity index (χ1) is 9.74. The van der Waals surface area contributed by atoms with E-state index in [-0.39, 0.29) is 6.61 Å². The molecule has 0 spiro atoms. The zero-order chi connectivity index (χ0) is 14.1. The van der Waals surface area contributed by atoms with Crippen LogP contribution in [-0.4, -0.2) is 22.2 Å². The molecule has 0 radical (unpaired) electrons. The minimum atomic E-state index is 0.0645. The maximum atomic E-state index is 9.65. The lowest BCUT2D eigenvalue weighted by Gasteiger charge is -2.29. The molecular formula is C17H22N2O. The lowest BCUT2D eigenvalue weighted by molar-refractivity contribution is 0.283. The van der Waals surface area contributed by atoms with Crippen molar-refractivity contribution in [1.82, 2.24) is 4.98 Å². The summed E-state index contributed by atoms with van der Waals surface area (Å²) in [6.45, 7) is 4.57. The molecular weight excluding hydrogens is 248 g/mol. The molecule has 3 rings (SSSR count). The second-order valence-corrected chi connectivity index (χ2v) is 5.71. The molecule has 1 fully saturated rings. The molecule has 1 aromatic heterocycles. The normalized spacial score (nSPS) is 22.6. The molecule has 1 aliphatic heterocycles. The SMILES string of the molecule is CCC1CCC(C)N1c1cc(CO)c2ccccc2n1. The van der Waals surface area contributed by atoms with Gasteiger partial charge in [0.2, 0.25) is 0 Å². The van der Waals surface area contributed by atoms with Gasteiger partial charge in [0.1, 0.15) is 5.82 Å². The first kappa shape index (κ1) is 13.4. The van der Waals surface area contributed by atoms with Gasteiger partial charge in [-0.25, -0.2) is 4.98 Å². The maximum absolute atomic E-state index is 9.65. The predicted octanol–water partition coefficient (Wildman–Crippen LogP) is 3.49. The monoisotopic (exact) mass is 270 g/mol. The van der Waals surface area contributed by atoms with E-state index in [4.69, 9.17) is 4.98 Å². The van der Waals surface area contributed by atoms with Crippen LogP contribution in [0, 0.1) is 0 Å². The number of para-hydroxylation sites is 1. The summed E-state index contributed by atoms with van der Waals surface area (Å²) in [6, 6.07) is 11.2. The third-order valence-corrected chi connectivity index (χ3v) is 4.48. The lowest BCUT2D eigenvalue weighted by atomic mass is 10.1. The van der Waals surface area contributed by atoms with E-state index in [9.17, 15) is 5.11 Å². The van der Waals surface area contributed by atoms with Crippen LogP contribution in [0.4, 0.5) is 5.82 Å². The van der Waals surface area contributed by atoms with Crippen molar-refractivity contribution in [2.75, 3.05) is 4.90 Å². The Hall–Kier alpha value is -1.61. The van der Waals surface area contributed by atoms with Gasteiger partial charge in [-0.3, -0.25) is 0 Å². The van der Waals surface area contributed by atoms with Crippen molar-refractivity contribution < 1.29 is 5.11 Å². The summed E-state index contributed by atoms with van der Waals surface area (Å²) in [7, 11) is 0. The number of pyridine rings is 1. The summed E-state index contributed by atoms with van der Waals surface area (Å²) in [6.07, 6.45) is 3.61. The van der Waals surface area contributed by atoms with Crippen LogP contribution < -0.4 is 4.90 Å². The molecule has 2 unspecified atom stereocenters.